The summed E-state index contributed by atoms with van der Waals surface area (Å²) in [6, 6.07) is 5.61. The number of morpholine rings is 1. The first-order chi connectivity index (χ1) is 10.6. The fourth-order valence-electron chi connectivity index (χ4n) is 2.25. The van der Waals surface area contributed by atoms with Crippen LogP contribution in [0.3, 0.4) is 0 Å². The molecule has 0 saturated carbocycles. The van der Waals surface area contributed by atoms with E-state index in [1.807, 2.05) is 11.8 Å². The van der Waals surface area contributed by atoms with Gasteiger partial charge in [-0.1, -0.05) is 19.1 Å². The Bertz CT molecular complexity index is 481. The third-order valence-corrected chi connectivity index (χ3v) is 3.45. The molecule has 0 N–H and O–H groups in total. The second-order valence-corrected chi connectivity index (χ2v) is 4.85. The lowest BCUT2D eigenvalue weighted by Crippen LogP contribution is -2.50. The SMILES string of the molecule is CCN1CCOC[C@H]1C(=O)OCc1ccc(OC(F)F)cc1. The first-order valence-electron chi connectivity index (χ1n) is 7.12. The van der Waals surface area contributed by atoms with Crippen LogP contribution in [0.25, 0.3) is 0 Å². The molecule has 1 aromatic rings. The molecule has 0 radical (unpaired) electrons. The van der Waals surface area contributed by atoms with Crippen molar-refractivity contribution >= 4 is 5.97 Å². The smallest absolute Gasteiger partial charge is 0.387 e. The lowest BCUT2D eigenvalue weighted by molar-refractivity contribution is -0.157. The molecule has 0 aromatic heterocycles. The first kappa shape index (κ1) is 16.6. The van der Waals surface area contributed by atoms with Crippen LogP contribution in [-0.4, -0.2) is 49.8 Å². The number of likely N-dealkylation sites (N-methyl/N-ethyl adjacent to an activating group) is 1. The normalized spacial score (nSPS) is 19.2. The fourth-order valence-corrected chi connectivity index (χ4v) is 2.25. The van der Waals surface area contributed by atoms with Gasteiger partial charge in [-0.2, -0.15) is 8.78 Å². The second kappa shape index (κ2) is 8.05. The van der Waals surface area contributed by atoms with E-state index in [0.717, 1.165) is 6.54 Å². The molecule has 0 amide bonds. The number of rotatable bonds is 6. The molecule has 1 aliphatic rings. The Morgan fingerprint density at radius 3 is 2.77 bits per heavy atom. The number of hydrogen-bond donors (Lipinski definition) is 0. The molecule has 1 atom stereocenters. The van der Waals surface area contributed by atoms with Gasteiger partial charge in [0.2, 0.25) is 0 Å². The highest BCUT2D eigenvalue weighted by Crippen LogP contribution is 2.16. The number of carbonyl (C=O) groups excluding carboxylic acids is 1. The highest BCUT2D eigenvalue weighted by Gasteiger charge is 2.29. The number of nitrogens with zero attached hydrogens (tertiary/aromatic N) is 1. The molecule has 1 saturated heterocycles. The second-order valence-electron chi connectivity index (χ2n) is 4.85. The minimum Gasteiger partial charge on any atom is -0.460 e. The summed E-state index contributed by atoms with van der Waals surface area (Å²) in [5, 5.41) is 0. The molecule has 0 spiro atoms. The van der Waals surface area contributed by atoms with Crippen LogP contribution >= 0.6 is 0 Å². The first-order valence-corrected chi connectivity index (χ1v) is 7.12. The zero-order valence-corrected chi connectivity index (χ0v) is 12.3. The average Bonchev–Trinajstić information content (AvgIpc) is 2.53. The van der Waals surface area contributed by atoms with E-state index in [0.29, 0.717) is 25.3 Å². The zero-order valence-electron chi connectivity index (χ0n) is 12.3. The van der Waals surface area contributed by atoms with Gasteiger partial charge in [-0.25, -0.2) is 0 Å². The summed E-state index contributed by atoms with van der Waals surface area (Å²) in [5.41, 5.74) is 0.703. The summed E-state index contributed by atoms with van der Waals surface area (Å²) in [6.45, 7) is 1.61. The molecule has 22 heavy (non-hydrogen) atoms. The summed E-state index contributed by atoms with van der Waals surface area (Å²) in [4.78, 5) is 14.1. The van der Waals surface area contributed by atoms with Crippen molar-refractivity contribution in [1.82, 2.24) is 4.90 Å². The topological polar surface area (TPSA) is 48.0 Å². The van der Waals surface area contributed by atoms with Gasteiger partial charge in [0.1, 0.15) is 18.4 Å². The van der Waals surface area contributed by atoms with Crippen LogP contribution in [0.5, 0.6) is 5.75 Å². The van der Waals surface area contributed by atoms with Crippen LogP contribution in [-0.2, 0) is 20.9 Å². The van der Waals surface area contributed by atoms with E-state index < -0.39 is 6.61 Å². The van der Waals surface area contributed by atoms with Gasteiger partial charge in [-0.3, -0.25) is 9.69 Å². The Balaban J connectivity index is 1.85. The van der Waals surface area contributed by atoms with Gasteiger partial charge in [0.25, 0.3) is 0 Å². The molecular weight excluding hydrogens is 296 g/mol. The van der Waals surface area contributed by atoms with Crippen LogP contribution in [0.2, 0.25) is 0 Å². The number of halogens is 2. The number of carbonyl (C=O) groups is 1. The molecule has 0 aliphatic carbocycles. The van der Waals surface area contributed by atoms with E-state index in [2.05, 4.69) is 4.74 Å². The summed E-state index contributed by atoms with van der Waals surface area (Å²) < 4.78 is 38.9. The highest BCUT2D eigenvalue weighted by atomic mass is 19.3. The van der Waals surface area contributed by atoms with Crippen molar-refractivity contribution in [3.63, 3.8) is 0 Å². The van der Waals surface area contributed by atoms with Gasteiger partial charge in [0.05, 0.1) is 13.2 Å². The lowest BCUT2D eigenvalue weighted by Gasteiger charge is -2.32. The van der Waals surface area contributed by atoms with Crippen molar-refractivity contribution in [2.75, 3.05) is 26.3 Å². The average molecular weight is 315 g/mol. The van der Waals surface area contributed by atoms with E-state index in [9.17, 15) is 13.6 Å². The van der Waals surface area contributed by atoms with Gasteiger partial charge in [-0.05, 0) is 24.2 Å². The van der Waals surface area contributed by atoms with Crippen molar-refractivity contribution in [3.05, 3.63) is 29.8 Å². The van der Waals surface area contributed by atoms with Gasteiger partial charge in [-0.15, -0.1) is 0 Å². The van der Waals surface area contributed by atoms with Crippen LogP contribution in [0.4, 0.5) is 8.78 Å². The van der Waals surface area contributed by atoms with Crippen molar-refractivity contribution in [2.45, 2.75) is 26.2 Å². The molecule has 5 nitrogen and oxygen atoms in total. The molecule has 1 aliphatic heterocycles. The molecule has 1 heterocycles. The van der Waals surface area contributed by atoms with E-state index >= 15 is 0 Å². The van der Waals surface area contributed by atoms with Gasteiger partial charge in [0.15, 0.2) is 0 Å². The number of benzene rings is 1. The maximum absolute atomic E-state index is 12.1. The van der Waals surface area contributed by atoms with Crippen molar-refractivity contribution < 1.29 is 27.8 Å². The van der Waals surface area contributed by atoms with Crippen LogP contribution in [0, 0.1) is 0 Å². The van der Waals surface area contributed by atoms with E-state index in [4.69, 9.17) is 9.47 Å². The molecule has 1 fully saturated rings. The van der Waals surface area contributed by atoms with Crippen LogP contribution in [0.15, 0.2) is 24.3 Å². The third kappa shape index (κ3) is 4.64. The quantitative estimate of drug-likeness (QED) is 0.752. The Kier molecular flexibility index (Phi) is 6.09. The minimum absolute atomic E-state index is 0.0721. The predicted octanol–water partition coefficient (Wildman–Crippen LogP) is 2.05. The molecule has 0 unspecified atom stereocenters. The molecule has 122 valence electrons. The van der Waals surface area contributed by atoms with E-state index in [-0.39, 0.29) is 24.4 Å². The minimum atomic E-state index is -2.85. The number of ether oxygens (including phenoxy) is 3. The fraction of sp³-hybridized carbons (Fsp3) is 0.533. The lowest BCUT2D eigenvalue weighted by atomic mass is 10.2. The van der Waals surface area contributed by atoms with Crippen molar-refractivity contribution in [3.8, 4) is 5.75 Å². The van der Waals surface area contributed by atoms with Gasteiger partial charge in [0, 0.05) is 6.54 Å². The summed E-state index contributed by atoms with van der Waals surface area (Å²) >= 11 is 0. The molecule has 0 bridgehead atoms. The third-order valence-electron chi connectivity index (χ3n) is 3.45. The van der Waals surface area contributed by atoms with Crippen LogP contribution in [0.1, 0.15) is 12.5 Å². The van der Waals surface area contributed by atoms with Crippen LogP contribution < -0.4 is 4.74 Å². The molecule has 7 heteroatoms. The summed E-state index contributed by atoms with van der Waals surface area (Å²) in [5.74, 6) is -0.266. The number of hydrogen-bond acceptors (Lipinski definition) is 5. The Morgan fingerprint density at radius 2 is 2.14 bits per heavy atom. The Labute approximate surface area is 127 Å². The maximum Gasteiger partial charge on any atom is 0.387 e. The molecule has 2 rings (SSSR count). The number of alkyl halides is 2. The van der Waals surface area contributed by atoms with Gasteiger partial charge < -0.3 is 14.2 Å². The summed E-state index contributed by atoms with van der Waals surface area (Å²) in [6.07, 6.45) is 0. The Hall–Kier alpha value is -1.73. The Morgan fingerprint density at radius 1 is 1.41 bits per heavy atom. The number of esters is 1. The standard InChI is InChI=1S/C15H19F2NO4/c1-2-18-7-8-20-10-13(18)14(19)21-9-11-3-5-12(6-4-11)22-15(16)17/h3-6,13,15H,2,7-10H2,1H3/t13-/m0/s1. The maximum atomic E-state index is 12.1. The van der Waals surface area contributed by atoms with Crippen molar-refractivity contribution in [1.29, 1.82) is 0 Å². The largest absolute Gasteiger partial charge is 0.460 e. The van der Waals surface area contributed by atoms with Gasteiger partial charge >= 0.3 is 12.6 Å². The van der Waals surface area contributed by atoms with E-state index in [1.165, 1.54) is 12.1 Å². The molecular formula is C15H19F2NO4. The van der Waals surface area contributed by atoms with E-state index in [1.54, 1.807) is 12.1 Å². The zero-order chi connectivity index (χ0) is 15.9. The molecule has 1 aromatic carbocycles. The monoisotopic (exact) mass is 315 g/mol. The predicted molar refractivity (Wildman–Crippen MR) is 74.7 cm³/mol. The highest BCUT2D eigenvalue weighted by molar-refractivity contribution is 5.76. The summed E-state index contributed by atoms with van der Waals surface area (Å²) in [7, 11) is 0. The van der Waals surface area contributed by atoms with Crippen molar-refractivity contribution in [2.24, 2.45) is 0 Å².